The molecule has 3 rings (SSSR count). The van der Waals surface area contributed by atoms with E-state index in [0.717, 1.165) is 18.6 Å². The molecule has 1 aromatic carbocycles. The van der Waals surface area contributed by atoms with E-state index in [1.165, 1.54) is 22.0 Å². The van der Waals surface area contributed by atoms with Gasteiger partial charge in [0, 0.05) is 23.5 Å². The summed E-state index contributed by atoms with van der Waals surface area (Å²) in [7, 11) is 0. The fourth-order valence-corrected chi connectivity index (χ4v) is 3.66. The number of rotatable bonds is 8. The summed E-state index contributed by atoms with van der Waals surface area (Å²) in [6.45, 7) is 7.03. The lowest BCUT2D eigenvalue weighted by Gasteiger charge is -2.18. The number of aryl methyl sites for hydroxylation is 1. The van der Waals surface area contributed by atoms with Crippen LogP contribution in [0.3, 0.4) is 0 Å². The van der Waals surface area contributed by atoms with Gasteiger partial charge in [0.15, 0.2) is 0 Å². The van der Waals surface area contributed by atoms with Gasteiger partial charge in [0.2, 0.25) is 5.91 Å². The molecular formula is C22H28N2O2. The van der Waals surface area contributed by atoms with Crippen LogP contribution in [0.25, 0.3) is 10.9 Å². The molecule has 1 amide bonds. The fourth-order valence-electron chi connectivity index (χ4n) is 3.66. The average Bonchev–Trinajstić information content (AvgIpc) is 3.28. The third-order valence-electron chi connectivity index (χ3n) is 4.88. The maximum absolute atomic E-state index is 12.5. The second kappa shape index (κ2) is 8.26. The summed E-state index contributed by atoms with van der Waals surface area (Å²) in [6, 6.07) is 10.1. The van der Waals surface area contributed by atoms with Gasteiger partial charge >= 0.3 is 0 Å². The van der Waals surface area contributed by atoms with Gasteiger partial charge in [-0.2, -0.15) is 0 Å². The number of H-pyrrole nitrogens is 1. The van der Waals surface area contributed by atoms with Crippen molar-refractivity contribution in [3.63, 3.8) is 0 Å². The second-order valence-electron chi connectivity index (χ2n) is 7.32. The molecule has 2 heterocycles. The number of carbonyl (C=O) groups excluding carboxylic acids is 1. The van der Waals surface area contributed by atoms with Crippen molar-refractivity contribution >= 4 is 16.8 Å². The fraction of sp³-hybridized carbons (Fsp3) is 0.409. The largest absolute Gasteiger partial charge is 0.467 e. The van der Waals surface area contributed by atoms with Crippen molar-refractivity contribution in [3.05, 3.63) is 59.7 Å². The molecule has 1 unspecified atom stereocenters. The van der Waals surface area contributed by atoms with Crippen LogP contribution in [-0.4, -0.2) is 10.9 Å². The number of furan rings is 1. The molecule has 2 N–H and O–H groups in total. The van der Waals surface area contributed by atoms with Gasteiger partial charge in [0.25, 0.3) is 0 Å². The zero-order valence-corrected chi connectivity index (χ0v) is 15.8. The summed E-state index contributed by atoms with van der Waals surface area (Å²) in [6.07, 6.45) is 6.19. The number of fused-ring (bicyclic) bond motifs is 1. The molecule has 3 aromatic rings. The molecule has 0 spiro atoms. The van der Waals surface area contributed by atoms with Crippen molar-refractivity contribution in [3.8, 4) is 0 Å². The van der Waals surface area contributed by atoms with E-state index in [1.54, 1.807) is 6.26 Å². The van der Waals surface area contributed by atoms with E-state index in [9.17, 15) is 4.79 Å². The number of hydrogen-bond acceptors (Lipinski definition) is 2. The van der Waals surface area contributed by atoms with Crippen LogP contribution in [-0.2, 0) is 17.8 Å². The van der Waals surface area contributed by atoms with Crippen molar-refractivity contribution < 1.29 is 9.21 Å². The minimum atomic E-state index is 0.0630. The van der Waals surface area contributed by atoms with Crippen LogP contribution >= 0.6 is 0 Å². The lowest BCUT2D eigenvalue weighted by molar-refractivity contribution is -0.121. The van der Waals surface area contributed by atoms with Crippen LogP contribution in [0.5, 0.6) is 0 Å². The highest BCUT2D eigenvalue weighted by Gasteiger charge is 2.21. The van der Waals surface area contributed by atoms with Gasteiger partial charge in [-0.1, -0.05) is 39.0 Å². The third kappa shape index (κ3) is 4.18. The smallest absolute Gasteiger partial charge is 0.220 e. The molecule has 4 heteroatoms. The van der Waals surface area contributed by atoms with Crippen molar-refractivity contribution in [1.82, 2.24) is 10.3 Å². The van der Waals surface area contributed by atoms with E-state index in [4.69, 9.17) is 4.42 Å². The maximum Gasteiger partial charge on any atom is 0.220 e. The van der Waals surface area contributed by atoms with Crippen LogP contribution in [0, 0.1) is 5.92 Å². The summed E-state index contributed by atoms with van der Waals surface area (Å²) in [5.74, 6) is 1.57. The summed E-state index contributed by atoms with van der Waals surface area (Å²) < 4.78 is 5.29. The molecule has 0 aliphatic carbocycles. The van der Waals surface area contributed by atoms with Crippen LogP contribution in [0.2, 0.25) is 0 Å². The predicted octanol–water partition coefficient (Wildman–Crippen LogP) is 5.16. The van der Waals surface area contributed by atoms with E-state index in [1.807, 2.05) is 12.1 Å². The molecule has 1 atom stereocenters. The van der Waals surface area contributed by atoms with Crippen molar-refractivity contribution in [2.75, 3.05) is 0 Å². The Balaban J connectivity index is 1.78. The number of amides is 1. The zero-order valence-electron chi connectivity index (χ0n) is 15.8. The highest BCUT2D eigenvalue weighted by atomic mass is 16.3. The molecule has 0 saturated heterocycles. The quantitative estimate of drug-likeness (QED) is 0.588. The number of aromatic amines is 1. The molecule has 0 fully saturated rings. The minimum absolute atomic E-state index is 0.0630. The number of para-hydroxylation sites is 1. The lowest BCUT2D eigenvalue weighted by Crippen LogP contribution is -2.24. The summed E-state index contributed by atoms with van der Waals surface area (Å²) in [4.78, 5) is 16.0. The SMILES string of the molecule is CCc1cccc2c(C(CC(=O)NCc3ccco3)CC(C)C)c[nH]c12. The van der Waals surface area contributed by atoms with E-state index in [2.05, 4.69) is 55.5 Å². The van der Waals surface area contributed by atoms with Crippen LogP contribution in [0.1, 0.15) is 56.4 Å². The summed E-state index contributed by atoms with van der Waals surface area (Å²) in [5, 5.41) is 4.22. The minimum Gasteiger partial charge on any atom is -0.467 e. The third-order valence-corrected chi connectivity index (χ3v) is 4.88. The molecule has 138 valence electrons. The number of benzene rings is 1. The van der Waals surface area contributed by atoms with Gasteiger partial charge in [0.05, 0.1) is 12.8 Å². The topological polar surface area (TPSA) is 58.0 Å². The van der Waals surface area contributed by atoms with Crippen molar-refractivity contribution in [2.24, 2.45) is 5.92 Å². The molecule has 0 aliphatic heterocycles. The summed E-state index contributed by atoms with van der Waals surface area (Å²) in [5.41, 5.74) is 3.77. The Bertz CT molecular complexity index is 846. The molecule has 0 bridgehead atoms. The standard InChI is InChI=1S/C22H28N2O2/c1-4-16-7-5-9-19-20(14-24-22(16)19)17(11-15(2)3)12-21(25)23-13-18-8-6-10-26-18/h5-10,14-15,17,24H,4,11-13H2,1-3H3,(H,23,25). The average molecular weight is 352 g/mol. The molecule has 26 heavy (non-hydrogen) atoms. The van der Waals surface area contributed by atoms with Crippen LogP contribution < -0.4 is 5.32 Å². The van der Waals surface area contributed by atoms with Gasteiger partial charge in [-0.25, -0.2) is 0 Å². The second-order valence-corrected chi connectivity index (χ2v) is 7.32. The number of aromatic nitrogens is 1. The molecule has 2 aromatic heterocycles. The number of nitrogens with one attached hydrogen (secondary N) is 2. The Morgan fingerprint density at radius 1 is 1.23 bits per heavy atom. The number of carbonyl (C=O) groups is 1. The van der Waals surface area contributed by atoms with E-state index in [0.29, 0.717) is 18.9 Å². The van der Waals surface area contributed by atoms with Gasteiger partial charge in [-0.3, -0.25) is 4.79 Å². The first-order valence-electron chi connectivity index (χ1n) is 9.46. The van der Waals surface area contributed by atoms with Gasteiger partial charge < -0.3 is 14.7 Å². The molecular weight excluding hydrogens is 324 g/mol. The highest BCUT2D eigenvalue weighted by Crippen LogP contribution is 2.34. The van der Waals surface area contributed by atoms with Gasteiger partial charge in [0.1, 0.15) is 5.76 Å². The first-order valence-corrected chi connectivity index (χ1v) is 9.46. The Kier molecular flexibility index (Phi) is 5.82. The van der Waals surface area contributed by atoms with Crippen LogP contribution in [0.4, 0.5) is 0 Å². The monoisotopic (exact) mass is 352 g/mol. The normalized spacial score (nSPS) is 12.6. The molecule has 4 nitrogen and oxygen atoms in total. The summed E-state index contributed by atoms with van der Waals surface area (Å²) >= 11 is 0. The lowest BCUT2D eigenvalue weighted by atomic mass is 9.87. The van der Waals surface area contributed by atoms with Gasteiger partial charge in [-0.15, -0.1) is 0 Å². The van der Waals surface area contributed by atoms with E-state index in [-0.39, 0.29) is 11.8 Å². The van der Waals surface area contributed by atoms with Crippen molar-refractivity contribution in [1.29, 1.82) is 0 Å². The predicted molar refractivity (Wildman–Crippen MR) is 105 cm³/mol. The Morgan fingerprint density at radius 3 is 2.77 bits per heavy atom. The maximum atomic E-state index is 12.5. The van der Waals surface area contributed by atoms with Crippen molar-refractivity contribution in [2.45, 2.75) is 52.5 Å². The Hall–Kier alpha value is -2.49. The Labute approximate surface area is 155 Å². The first-order chi connectivity index (χ1) is 12.6. The highest BCUT2D eigenvalue weighted by molar-refractivity contribution is 5.87. The van der Waals surface area contributed by atoms with Crippen LogP contribution in [0.15, 0.2) is 47.2 Å². The zero-order chi connectivity index (χ0) is 18.5. The molecule has 0 radical (unpaired) electrons. The molecule has 0 aliphatic rings. The molecule has 0 saturated carbocycles. The van der Waals surface area contributed by atoms with E-state index >= 15 is 0 Å². The van der Waals surface area contributed by atoms with Gasteiger partial charge in [-0.05, 0) is 47.9 Å². The number of hydrogen-bond donors (Lipinski definition) is 2. The van der Waals surface area contributed by atoms with E-state index < -0.39 is 0 Å². The first kappa shape index (κ1) is 18.3. The Morgan fingerprint density at radius 2 is 2.08 bits per heavy atom.